The van der Waals surface area contributed by atoms with E-state index in [2.05, 4.69) is 15.0 Å². The number of H-pyrrole nitrogens is 3. The number of carbonyl (C=O) groups excluding carboxylic acids is 4. The van der Waals surface area contributed by atoms with Crippen LogP contribution >= 0.6 is 0 Å². The van der Waals surface area contributed by atoms with Gasteiger partial charge in [-0.1, -0.05) is 60.7 Å². The number of rotatable bonds is 16. The Labute approximate surface area is 321 Å². The van der Waals surface area contributed by atoms with Crippen molar-refractivity contribution < 1.29 is 38.1 Å². The Balaban J connectivity index is 1.30. The molecule has 0 spiro atoms. The molecular formula is C44H49N3O8. The molecule has 0 saturated carbocycles. The number of aromatic nitrogens is 3. The molecule has 3 N–H and O–H groups in total. The fourth-order valence-corrected chi connectivity index (χ4v) is 7.59. The lowest BCUT2D eigenvalue weighted by atomic mass is 9.89. The first-order valence-electron chi connectivity index (χ1n) is 18.8. The SMILES string of the molecule is COC(=O)CCc1c(Cc2[nH]c(Cc3[nH]c(C(=O)OCc4ccccc4)c(C)c3CCC(=O)OC)c3c2CCCC3)[nH]c(C(=O)OCc2ccccc2)c1C. The van der Waals surface area contributed by atoms with Crippen LogP contribution in [0.25, 0.3) is 0 Å². The summed E-state index contributed by atoms with van der Waals surface area (Å²) in [6.07, 6.45) is 6.04. The first-order chi connectivity index (χ1) is 26.7. The molecule has 0 unspecified atom stereocenters. The molecular weight excluding hydrogens is 698 g/mol. The zero-order valence-corrected chi connectivity index (χ0v) is 32.0. The highest BCUT2D eigenvalue weighted by Crippen LogP contribution is 2.33. The Bertz CT molecular complexity index is 1990. The maximum atomic E-state index is 13.4. The van der Waals surface area contributed by atoms with Crippen LogP contribution in [0.5, 0.6) is 0 Å². The number of benzene rings is 2. The van der Waals surface area contributed by atoms with Crippen LogP contribution in [-0.4, -0.2) is 53.0 Å². The zero-order chi connectivity index (χ0) is 38.9. The highest BCUT2D eigenvalue weighted by Gasteiger charge is 2.27. The monoisotopic (exact) mass is 747 g/mol. The molecule has 3 aromatic heterocycles. The summed E-state index contributed by atoms with van der Waals surface area (Å²) in [7, 11) is 2.74. The second-order valence-corrected chi connectivity index (χ2v) is 14.0. The van der Waals surface area contributed by atoms with Crippen LogP contribution in [0.4, 0.5) is 0 Å². The summed E-state index contributed by atoms with van der Waals surface area (Å²) >= 11 is 0. The van der Waals surface area contributed by atoms with Gasteiger partial charge in [-0.2, -0.15) is 0 Å². The smallest absolute Gasteiger partial charge is 0.355 e. The van der Waals surface area contributed by atoms with Gasteiger partial charge in [0, 0.05) is 48.5 Å². The van der Waals surface area contributed by atoms with Crippen molar-refractivity contribution in [1.82, 2.24) is 15.0 Å². The molecule has 6 rings (SSSR count). The zero-order valence-electron chi connectivity index (χ0n) is 32.0. The van der Waals surface area contributed by atoms with Crippen LogP contribution in [0.1, 0.15) is 114 Å². The molecule has 0 amide bonds. The number of nitrogens with one attached hydrogen (secondary N) is 3. The summed E-state index contributed by atoms with van der Waals surface area (Å²) in [4.78, 5) is 61.8. The van der Waals surface area contributed by atoms with Gasteiger partial charge in [-0.15, -0.1) is 0 Å². The fraction of sp³-hybridized carbons (Fsp3) is 0.364. The van der Waals surface area contributed by atoms with Crippen molar-refractivity contribution in [3.8, 4) is 0 Å². The van der Waals surface area contributed by atoms with Crippen molar-refractivity contribution in [2.45, 2.75) is 91.3 Å². The molecule has 0 radical (unpaired) electrons. The van der Waals surface area contributed by atoms with E-state index in [1.807, 2.05) is 74.5 Å². The second-order valence-electron chi connectivity index (χ2n) is 14.0. The van der Waals surface area contributed by atoms with Crippen molar-refractivity contribution in [2.24, 2.45) is 0 Å². The maximum absolute atomic E-state index is 13.4. The Kier molecular flexibility index (Phi) is 12.7. The van der Waals surface area contributed by atoms with Gasteiger partial charge in [0.1, 0.15) is 24.6 Å². The van der Waals surface area contributed by atoms with Crippen molar-refractivity contribution >= 4 is 23.9 Å². The van der Waals surface area contributed by atoms with E-state index in [1.54, 1.807) is 0 Å². The second kappa shape index (κ2) is 18.0. The molecule has 0 aliphatic heterocycles. The highest BCUT2D eigenvalue weighted by molar-refractivity contribution is 5.90. The number of fused-ring (bicyclic) bond motifs is 1. The number of aromatic amines is 3. The molecule has 0 saturated heterocycles. The number of ether oxygens (including phenoxy) is 4. The lowest BCUT2D eigenvalue weighted by Gasteiger charge is -2.14. The van der Waals surface area contributed by atoms with Crippen LogP contribution in [0.3, 0.4) is 0 Å². The van der Waals surface area contributed by atoms with Gasteiger partial charge in [0.15, 0.2) is 0 Å². The Morgan fingerprint density at radius 2 is 0.964 bits per heavy atom. The number of hydrogen-bond acceptors (Lipinski definition) is 8. The minimum atomic E-state index is -0.458. The summed E-state index contributed by atoms with van der Waals surface area (Å²) in [6, 6.07) is 19.0. The minimum Gasteiger partial charge on any atom is -0.469 e. The van der Waals surface area contributed by atoms with Crippen LogP contribution in [0, 0.1) is 13.8 Å². The molecule has 5 aromatic rings. The van der Waals surface area contributed by atoms with Crippen LogP contribution < -0.4 is 0 Å². The molecule has 11 nitrogen and oxygen atoms in total. The lowest BCUT2D eigenvalue weighted by molar-refractivity contribution is -0.141. The van der Waals surface area contributed by atoms with Crippen LogP contribution in [0.15, 0.2) is 60.7 Å². The van der Waals surface area contributed by atoms with Gasteiger partial charge in [-0.3, -0.25) is 9.59 Å². The standard InChI is InChI=1S/C44H49N3O8/c1-27-31(19-21-39(48)52-3)35(46-41(27)43(50)54-25-29-13-7-5-8-14-29)23-37-33-17-11-12-18-34(33)38(45-37)24-36-32(20-22-40(49)53-4)28(2)42(47-36)44(51)55-26-30-15-9-6-10-16-30/h5-10,13-16,45-47H,11-12,17-26H2,1-4H3. The van der Waals surface area contributed by atoms with E-state index in [0.29, 0.717) is 37.1 Å². The normalized spacial score (nSPS) is 12.2. The number of methoxy groups -OCH3 is 2. The largest absolute Gasteiger partial charge is 0.469 e. The van der Waals surface area contributed by atoms with Gasteiger partial charge in [0.05, 0.1) is 14.2 Å². The third kappa shape index (κ3) is 9.28. The quantitative estimate of drug-likeness (QED) is 0.0704. The molecule has 0 atom stereocenters. The summed E-state index contributed by atoms with van der Waals surface area (Å²) in [5.41, 5.74) is 12.1. The first kappa shape index (κ1) is 38.9. The van der Waals surface area contributed by atoms with Gasteiger partial charge in [0.2, 0.25) is 0 Å². The molecule has 0 fully saturated rings. The number of carbonyl (C=O) groups is 4. The summed E-state index contributed by atoms with van der Waals surface area (Å²) in [5.74, 6) is -1.57. The third-order valence-corrected chi connectivity index (χ3v) is 10.6. The Morgan fingerprint density at radius 1 is 0.564 bits per heavy atom. The van der Waals surface area contributed by atoms with Gasteiger partial charge >= 0.3 is 23.9 Å². The van der Waals surface area contributed by atoms with E-state index in [-0.39, 0.29) is 38.0 Å². The lowest BCUT2D eigenvalue weighted by Crippen LogP contribution is -2.08. The average molecular weight is 748 g/mol. The summed E-state index contributed by atoms with van der Waals surface area (Å²) in [6.45, 7) is 4.05. The summed E-state index contributed by atoms with van der Waals surface area (Å²) < 4.78 is 21.3. The van der Waals surface area contributed by atoms with E-state index < -0.39 is 11.9 Å². The van der Waals surface area contributed by atoms with Gasteiger partial charge in [0.25, 0.3) is 0 Å². The predicted octanol–water partition coefficient (Wildman–Crippen LogP) is 7.27. The molecule has 1 aliphatic carbocycles. The van der Waals surface area contributed by atoms with E-state index >= 15 is 0 Å². The number of hydrogen-bond donors (Lipinski definition) is 3. The summed E-state index contributed by atoms with van der Waals surface area (Å²) in [5, 5.41) is 0. The fourth-order valence-electron chi connectivity index (χ4n) is 7.59. The number of esters is 4. The molecule has 11 heteroatoms. The van der Waals surface area contributed by atoms with E-state index in [4.69, 9.17) is 18.9 Å². The van der Waals surface area contributed by atoms with Gasteiger partial charge in [-0.05, 0) is 96.9 Å². The minimum absolute atomic E-state index is 0.144. The topological polar surface area (TPSA) is 153 Å². The van der Waals surface area contributed by atoms with Crippen LogP contribution in [0.2, 0.25) is 0 Å². The average Bonchev–Trinajstić information content (AvgIpc) is 3.84. The predicted molar refractivity (Wildman–Crippen MR) is 206 cm³/mol. The van der Waals surface area contributed by atoms with Gasteiger partial charge in [-0.25, -0.2) is 9.59 Å². The van der Waals surface area contributed by atoms with Crippen molar-refractivity contribution in [2.75, 3.05) is 14.2 Å². The van der Waals surface area contributed by atoms with E-state index in [1.165, 1.54) is 25.3 Å². The van der Waals surface area contributed by atoms with Crippen molar-refractivity contribution in [3.63, 3.8) is 0 Å². The highest BCUT2D eigenvalue weighted by atomic mass is 16.5. The van der Waals surface area contributed by atoms with Crippen LogP contribution in [-0.2, 0) is 80.3 Å². The van der Waals surface area contributed by atoms with E-state index in [9.17, 15) is 19.2 Å². The van der Waals surface area contributed by atoms with Gasteiger partial charge < -0.3 is 33.9 Å². The molecule has 288 valence electrons. The molecule has 55 heavy (non-hydrogen) atoms. The molecule has 3 heterocycles. The van der Waals surface area contributed by atoms with Crippen molar-refractivity contribution in [3.05, 3.63) is 139 Å². The molecule has 2 aromatic carbocycles. The maximum Gasteiger partial charge on any atom is 0.355 e. The van der Waals surface area contributed by atoms with Crippen molar-refractivity contribution in [1.29, 1.82) is 0 Å². The molecule has 0 bridgehead atoms. The first-order valence-corrected chi connectivity index (χ1v) is 18.8. The molecule has 1 aliphatic rings. The Morgan fingerprint density at radius 3 is 1.35 bits per heavy atom. The van der Waals surface area contributed by atoms with E-state index in [0.717, 1.165) is 81.8 Å². The third-order valence-electron chi connectivity index (χ3n) is 10.6. The Hall–Kier alpha value is -5.84.